The highest BCUT2D eigenvalue weighted by Gasteiger charge is 2.13. The van der Waals surface area contributed by atoms with E-state index in [0.717, 1.165) is 40.0 Å². The fraction of sp³-hybridized carbons (Fsp3) is 0.174. The van der Waals surface area contributed by atoms with Gasteiger partial charge in [0.05, 0.1) is 11.6 Å². The van der Waals surface area contributed by atoms with Crippen LogP contribution < -0.4 is 5.73 Å². The highest BCUT2D eigenvalue weighted by molar-refractivity contribution is 5.75. The van der Waals surface area contributed by atoms with Crippen molar-refractivity contribution >= 4 is 11.3 Å². The molecule has 1 aromatic rings. The van der Waals surface area contributed by atoms with Crippen molar-refractivity contribution in [1.29, 1.82) is 5.26 Å². The number of rotatable bonds is 5. The van der Waals surface area contributed by atoms with Crippen LogP contribution in [0.4, 0.5) is 5.69 Å². The predicted molar refractivity (Wildman–Crippen MR) is 108 cm³/mol. The Morgan fingerprint density at radius 3 is 2.44 bits per heavy atom. The van der Waals surface area contributed by atoms with Gasteiger partial charge in [0.2, 0.25) is 0 Å². The Bertz CT molecular complexity index is 896. The average Bonchev–Trinajstić information content (AvgIpc) is 3.01. The van der Waals surface area contributed by atoms with Crippen LogP contribution in [0.3, 0.4) is 0 Å². The highest BCUT2D eigenvalue weighted by atomic mass is 14.5. The van der Waals surface area contributed by atoms with Gasteiger partial charge in [0.25, 0.3) is 0 Å². The van der Waals surface area contributed by atoms with Gasteiger partial charge in [-0.2, -0.15) is 5.26 Å². The monoisotopic (exact) mass is 328 g/mol. The maximum Gasteiger partial charge on any atom is 0.0997 e. The van der Waals surface area contributed by atoms with Crippen LogP contribution >= 0.6 is 0 Å². The summed E-state index contributed by atoms with van der Waals surface area (Å²) in [7, 11) is 0. The van der Waals surface area contributed by atoms with Crippen molar-refractivity contribution in [3.05, 3.63) is 94.7 Å². The minimum absolute atomic E-state index is 0.622. The van der Waals surface area contributed by atoms with Gasteiger partial charge < -0.3 is 5.73 Å². The number of nitrogens with zero attached hydrogens (tertiary/aromatic N) is 1. The topological polar surface area (TPSA) is 49.8 Å². The number of nitrogen functional groups attached to an aromatic ring is 1. The van der Waals surface area contributed by atoms with Crippen molar-refractivity contribution in [1.82, 2.24) is 0 Å². The van der Waals surface area contributed by atoms with Gasteiger partial charge in [-0.1, -0.05) is 49.1 Å². The summed E-state index contributed by atoms with van der Waals surface area (Å²) in [5.41, 5.74) is 14.5. The Morgan fingerprint density at radius 1 is 1.16 bits per heavy atom. The molecule has 0 aliphatic heterocycles. The van der Waals surface area contributed by atoms with E-state index in [9.17, 15) is 5.26 Å². The molecular weight excluding hydrogens is 304 g/mol. The molecule has 126 valence electrons. The van der Waals surface area contributed by atoms with Gasteiger partial charge in [0, 0.05) is 5.69 Å². The molecule has 2 nitrogen and oxygen atoms in total. The Morgan fingerprint density at radius 2 is 1.88 bits per heavy atom. The van der Waals surface area contributed by atoms with Gasteiger partial charge in [0.1, 0.15) is 0 Å². The molecule has 0 heterocycles. The number of anilines is 1. The third-order valence-corrected chi connectivity index (χ3v) is 4.26. The zero-order chi connectivity index (χ0) is 18.6. The number of hydrogen-bond acceptors (Lipinski definition) is 2. The second kappa shape index (κ2) is 7.68. The van der Waals surface area contributed by atoms with E-state index in [1.165, 1.54) is 11.1 Å². The van der Waals surface area contributed by atoms with Gasteiger partial charge in [0.15, 0.2) is 0 Å². The van der Waals surface area contributed by atoms with E-state index >= 15 is 0 Å². The van der Waals surface area contributed by atoms with Gasteiger partial charge >= 0.3 is 0 Å². The molecule has 0 atom stereocenters. The first-order valence-corrected chi connectivity index (χ1v) is 8.24. The van der Waals surface area contributed by atoms with Crippen molar-refractivity contribution in [3.63, 3.8) is 0 Å². The fourth-order valence-corrected chi connectivity index (χ4v) is 2.95. The molecule has 25 heavy (non-hydrogen) atoms. The van der Waals surface area contributed by atoms with Crippen molar-refractivity contribution in [2.24, 2.45) is 0 Å². The second-order valence-corrected chi connectivity index (χ2v) is 6.47. The number of hydrogen-bond donors (Lipinski definition) is 1. The first kappa shape index (κ1) is 18.3. The molecule has 1 aliphatic carbocycles. The summed E-state index contributed by atoms with van der Waals surface area (Å²) in [6, 6.07) is 10.2. The van der Waals surface area contributed by atoms with E-state index in [4.69, 9.17) is 5.73 Å². The molecule has 0 unspecified atom stereocenters. The Hall–Kier alpha value is -3.05. The van der Waals surface area contributed by atoms with Crippen LogP contribution in [0.5, 0.6) is 0 Å². The molecule has 1 aliphatic rings. The van der Waals surface area contributed by atoms with Crippen LogP contribution in [0.2, 0.25) is 0 Å². The standard InChI is InChI=1S/C23H24N2/c1-15(2)22(17(5)23(14-24)16(3)4)12-18-9-10-20(11-18)19-7-6-8-21(25)13-19/h6-10,12-13H,1,3,11,25H2,2,4-5H3/b22-12+,23-17-. The largest absolute Gasteiger partial charge is 0.399 e. The lowest BCUT2D eigenvalue weighted by Crippen LogP contribution is -1.95. The zero-order valence-corrected chi connectivity index (χ0v) is 15.2. The fourth-order valence-electron chi connectivity index (χ4n) is 2.95. The average molecular weight is 328 g/mol. The molecule has 0 amide bonds. The first-order valence-electron chi connectivity index (χ1n) is 8.24. The quantitative estimate of drug-likeness (QED) is 0.415. The molecule has 1 aromatic carbocycles. The van der Waals surface area contributed by atoms with E-state index < -0.39 is 0 Å². The minimum Gasteiger partial charge on any atom is -0.399 e. The van der Waals surface area contributed by atoms with Crippen LogP contribution in [-0.4, -0.2) is 0 Å². The molecule has 0 aromatic heterocycles. The Kier molecular flexibility index (Phi) is 5.62. The van der Waals surface area contributed by atoms with Crippen LogP contribution in [0, 0.1) is 11.3 Å². The molecule has 0 spiro atoms. The van der Waals surface area contributed by atoms with Crippen LogP contribution in [-0.2, 0) is 0 Å². The summed E-state index contributed by atoms with van der Waals surface area (Å²) >= 11 is 0. The van der Waals surface area contributed by atoms with E-state index in [1.807, 2.05) is 39.0 Å². The van der Waals surface area contributed by atoms with Gasteiger partial charge in [-0.3, -0.25) is 0 Å². The molecule has 2 rings (SSSR count). The lowest BCUT2D eigenvalue weighted by atomic mass is 9.92. The molecular formula is C23H24N2. The lowest BCUT2D eigenvalue weighted by molar-refractivity contribution is 1.24. The molecule has 0 saturated heterocycles. The maximum absolute atomic E-state index is 9.41. The smallest absolute Gasteiger partial charge is 0.0997 e. The SMILES string of the molecule is C=C(C)C(=C\C1=CC=C(c2cccc(N)c2)C1)/C(C)=C(/C#N)C(=C)C. The third-order valence-electron chi connectivity index (χ3n) is 4.26. The van der Waals surface area contributed by atoms with Crippen molar-refractivity contribution in [2.75, 3.05) is 5.73 Å². The summed E-state index contributed by atoms with van der Waals surface area (Å²) in [5, 5.41) is 9.41. The predicted octanol–water partition coefficient (Wildman–Crippen LogP) is 5.90. The first-order chi connectivity index (χ1) is 11.8. The van der Waals surface area contributed by atoms with Gasteiger partial charge in [-0.15, -0.1) is 0 Å². The van der Waals surface area contributed by atoms with E-state index in [0.29, 0.717) is 5.57 Å². The van der Waals surface area contributed by atoms with E-state index in [1.54, 1.807) is 0 Å². The second-order valence-electron chi connectivity index (χ2n) is 6.47. The van der Waals surface area contributed by atoms with Crippen molar-refractivity contribution < 1.29 is 0 Å². The molecule has 2 N–H and O–H groups in total. The summed E-state index contributed by atoms with van der Waals surface area (Å²) in [6.45, 7) is 13.8. The van der Waals surface area contributed by atoms with Crippen LogP contribution in [0.25, 0.3) is 5.57 Å². The molecule has 0 bridgehead atoms. The highest BCUT2D eigenvalue weighted by Crippen LogP contribution is 2.32. The van der Waals surface area contributed by atoms with Crippen LogP contribution in [0.15, 0.2) is 89.1 Å². The van der Waals surface area contributed by atoms with Gasteiger partial charge in [-0.25, -0.2) is 0 Å². The number of benzene rings is 1. The molecule has 0 saturated carbocycles. The Balaban J connectivity index is 2.32. The number of nitrogens with two attached hydrogens (primary N) is 1. The van der Waals surface area contributed by atoms with Crippen molar-refractivity contribution in [2.45, 2.75) is 27.2 Å². The summed E-state index contributed by atoms with van der Waals surface area (Å²) < 4.78 is 0. The summed E-state index contributed by atoms with van der Waals surface area (Å²) in [4.78, 5) is 0. The van der Waals surface area contributed by atoms with Crippen LogP contribution in [0.1, 0.15) is 32.8 Å². The third kappa shape index (κ3) is 4.28. The zero-order valence-electron chi connectivity index (χ0n) is 15.2. The van der Waals surface area contributed by atoms with E-state index in [-0.39, 0.29) is 0 Å². The van der Waals surface area contributed by atoms with E-state index in [2.05, 4.69) is 43.5 Å². The van der Waals surface area contributed by atoms with Gasteiger partial charge in [-0.05, 0) is 72.8 Å². The minimum atomic E-state index is 0.622. The number of allylic oxidation sites excluding steroid dienone is 10. The molecule has 2 heteroatoms. The van der Waals surface area contributed by atoms with Crippen molar-refractivity contribution in [3.8, 4) is 6.07 Å². The summed E-state index contributed by atoms with van der Waals surface area (Å²) in [5.74, 6) is 0. The normalized spacial score (nSPS) is 15.0. The number of nitriles is 1. The Labute approximate surface area is 150 Å². The maximum atomic E-state index is 9.41. The molecule has 0 fully saturated rings. The molecule has 0 radical (unpaired) electrons. The lowest BCUT2D eigenvalue weighted by Gasteiger charge is -2.12. The summed E-state index contributed by atoms with van der Waals surface area (Å²) in [6.07, 6.45) is 7.19.